The number of likely N-dealkylation sites (tertiary alicyclic amines) is 1. The normalized spacial score (nSPS) is 25.5. The van der Waals surface area contributed by atoms with Crippen molar-refractivity contribution in [2.45, 2.75) is 25.3 Å². The summed E-state index contributed by atoms with van der Waals surface area (Å²) in [6.45, 7) is 2.59. The topological polar surface area (TPSA) is 47.7 Å². The molecule has 1 aromatic rings. The molecule has 1 heterocycles. The second-order valence-electron chi connectivity index (χ2n) is 6.57. The Bertz CT molecular complexity index is 534. The van der Waals surface area contributed by atoms with Crippen LogP contribution in [0.5, 0.6) is 11.5 Å². The molecule has 1 aromatic carbocycles. The van der Waals surface area contributed by atoms with E-state index in [1.807, 2.05) is 0 Å². The van der Waals surface area contributed by atoms with E-state index in [1.165, 1.54) is 18.4 Å². The number of methoxy groups -OCH3 is 1. The molecular formula is C17H25BrN2O2. The number of hydrogen-bond acceptors (Lipinski definition) is 4. The van der Waals surface area contributed by atoms with Crippen LogP contribution in [-0.4, -0.2) is 38.8 Å². The van der Waals surface area contributed by atoms with E-state index >= 15 is 0 Å². The van der Waals surface area contributed by atoms with E-state index in [4.69, 9.17) is 15.2 Å². The van der Waals surface area contributed by atoms with Gasteiger partial charge in [0.15, 0.2) is 11.5 Å². The van der Waals surface area contributed by atoms with E-state index in [0.717, 1.165) is 48.0 Å². The van der Waals surface area contributed by atoms with Gasteiger partial charge in [-0.3, -0.25) is 4.90 Å². The number of nitrogens with zero attached hydrogens (tertiary/aromatic N) is 1. The lowest BCUT2D eigenvalue weighted by Gasteiger charge is -2.22. The number of halogens is 1. The summed E-state index contributed by atoms with van der Waals surface area (Å²) in [6.07, 6.45) is 3.67. The summed E-state index contributed by atoms with van der Waals surface area (Å²) in [4.78, 5) is 2.38. The Balaban J connectivity index is 1.82. The standard InChI is InChI=1S/C17H25BrN2O2/c1-20-9-12(8-19)5-15(20)13-6-16(21-2)17(7-14(13)18)22-10-11-3-4-11/h6-7,11-12,15H,3-5,8-10,19H2,1-2H3. The zero-order valence-electron chi connectivity index (χ0n) is 13.3. The molecule has 2 fully saturated rings. The highest BCUT2D eigenvalue weighted by Crippen LogP contribution is 2.42. The quantitative estimate of drug-likeness (QED) is 0.837. The molecule has 0 radical (unpaired) electrons. The van der Waals surface area contributed by atoms with Crippen molar-refractivity contribution < 1.29 is 9.47 Å². The van der Waals surface area contributed by atoms with E-state index in [2.05, 4.69) is 40.0 Å². The molecule has 1 aliphatic heterocycles. The molecule has 2 aliphatic rings. The molecule has 1 aliphatic carbocycles. The smallest absolute Gasteiger partial charge is 0.162 e. The van der Waals surface area contributed by atoms with Crippen molar-refractivity contribution in [3.05, 3.63) is 22.2 Å². The number of benzene rings is 1. The van der Waals surface area contributed by atoms with E-state index in [1.54, 1.807) is 7.11 Å². The van der Waals surface area contributed by atoms with Gasteiger partial charge in [-0.1, -0.05) is 15.9 Å². The van der Waals surface area contributed by atoms with Crippen LogP contribution < -0.4 is 15.2 Å². The number of ether oxygens (including phenoxy) is 2. The predicted molar refractivity (Wildman–Crippen MR) is 91.4 cm³/mol. The van der Waals surface area contributed by atoms with Crippen molar-refractivity contribution in [1.82, 2.24) is 4.90 Å². The monoisotopic (exact) mass is 368 g/mol. The maximum absolute atomic E-state index is 5.93. The molecule has 5 heteroatoms. The van der Waals surface area contributed by atoms with Gasteiger partial charge in [-0.15, -0.1) is 0 Å². The fourth-order valence-electron chi connectivity index (χ4n) is 3.21. The van der Waals surface area contributed by atoms with Crippen molar-refractivity contribution in [2.75, 3.05) is 33.9 Å². The van der Waals surface area contributed by atoms with Crippen LogP contribution in [0.2, 0.25) is 0 Å². The van der Waals surface area contributed by atoms with E-state index in [9.17, 15) is 0 Å². The maximum Gasteiger partial charge on any atom is 0.162 e. The van der Waals surface area contributed by atoms with Crippen molar-refractivity contribution in [2.24, 2.45) is 17.6 Å². The summed E-state index contributed by atoms with van der Waals surface area (Å²) in [5.41, 5.74) is 7.10. The Kier molecular flexibility index (Phi) is 4.95. The molecule has 1 saturated heterocycles. The lowest BCUT2D eigenvalue weighted by molar-refractivity contribution is 0.278. The lowest BCUT2D eigenvalue weighted by atomic mass is 9.99. The molecule has 22 heavy (non-hydrogen) atoms. The third-order valence-electron chi connectivity index (χ3n) is 4.78. The minimum atomic E-state index is 0.384. The Labute approximate surface area is 141 Å². The Hall–Kier alpha value is -0.780. The molecule has 0 aromatic heterocycles. The van der Waals surface area contributed by atoms with Gasteiger partial charge in [0.2, 0.25) is 0 Å². The highest BCUT2D eigenvalue weighted by Gasteiger charge is 2.32. The van der Waals surface area contributed by atoms with Gasteiger partial charge < -0.3 is 15.2 Å². The van der Waals surface area contributed by atoms with Crippen molar-refractivity contribution in [1.29, 1.82) is 0 Å². The number of nitrogens with two attached hydrogens (primary N) is 1. The first-order valence-corrected chi connectivity index (χ1v) is 8.82. The van der Waals surface area contributed by atoms with Crippen molar-refractivity contribution in [3.63, 3.8) is 0 Å². The van der Waals surface area contributed by atoms with Gasteiger partial charge in [0.1, 0.15) is 0 Å². The molecule has 0 amide bonds. The summed E-state index contributed by atoms with van der Waals surface area (Å²) in [7, 11) is 3.87. The molecule has 4 nitrogen and oxygen atoms in total. The Morgan fingerprint density at radius 1 is 1.27 bits per heavy atom. The number of rotatable bonds is 6. The first-order chi connectivity index (χ1) is 10.6. The minimum absolute atomic E-state index is 0.384. The zero-order chi connectivity index (χ0) is 15.7. The van der Waals surface area contributed by atoms with Crippen molar-refractivity contribution in [3.8, 4) is 11.5 Å². The van der Waals surface area contributed by atoms with E-state index < -0.39 is 0 Å². The van der Waals surface area contributed by atoms with Gasteiger partial charge in [-0.2, -0.15) is 0 Å². The highest BCUT2D eigenvalue weighted by molar-refractivity contribution is 9.10. The van der Waals surface area contributed by atoms with E-state index in [-0.39, 0.29) is 0 Å². The van der Waals surface area contributed by atoms with Crippen LogP contribution >= 0.6 is 15.9 Å². The Morgan fingerprint density at radius 2 is 2.05 bits per heavy atom. The number of hydrogen-bond donors (Lipinski definition) is 1. The average molecular weight is 369 g/mol. The predicted octanol–water partition coefficient (Wildman–Crippen LogP) is 3.20. The molecule has 1 saturated carbocycles. The summed E-state index contributed by atoms with van der Waals surface area (Å²) in [5, 5.41) is 0. The van der Waals surface area contributed by atoms with Crippen LogP contribution in [0, 0.1) is 11.8 Å². The summed E-state index contributed by atoms with van der Waals surface area (Å²) < 4.78 is 12.6. The lowest BCUT2D eigenvalue weighted by Crippen LogP contribution is -2.20. The van der Waals surface area contributed by atoms with Gasteiger partial charge in [0.05, 0.1) is 13.7 Å². The van der Waals surface area contributed by atoms with Crippen LogP contribution in [0.4, 0.5) is 0 Å². The SMILES string of the molecule is COc1cc(C2CC(CN)CN2C)c(Br)cc1OCC1CC1. The van der Waals surface area contributed by atoms with Crippen molar-refractivity contribution >= 4 is 15.9 Å². The van der Waals surface area contributed by atoms with E-state index in [0.29, 0.717) is 12.0 Å². The van der Waals surface area contributed by atoms with Gasteiger partial charge >= 0.3 is 0 Å². The first kappa shape index (κ1) is 16.1. The van der Waals surface area contributed by atoms with Crippen LogP contribution in [0.15, 0.2) is 16.6 Å². The molecular weight excluding hydrogens is 344 g/mol. The second kappa shape index (κ2) is 6.77. The molecule has 2 N–H and O–H groups in total. The van der Waals surface area contributed by atoms with Crippen LogP contribution in [-0.2, 0) is 0 Å². The molecule has 2 atom stereocenters. The molecule has 0 bridgehead atoms. The fraction of sp³-hybridized carbons (Fsp3) is 0.647. The highest BCUT2D eigenvalue weighted by atomic mass is 79.9. The zero-order valence-corrected chi connectivity index (χ0v) is 14.9. The van der Waals surface area contributed by atoms with Crippen LogP contribution in [0.25, 0.3) is 0 Å². The van der Waals surface area contributed by atoms with Crippen LogP contribution in [0.1, 0.15) is 30.9 Å². The van der Waals surface area contributed by atoms with Gasteiger partial charge in [-0.25, -0.2) is 0 Å². The Morgan fingerprint density at radius 3 is 2.64 bits per heavy atom. The van der Waals surface area contributed by atoms with Gasteiger partial charge in [0.25, 0.3) is 0 Å². The van der Waals surface area contributed by atoms with Gasteiger partial charge in [-0.05, 0) is 62.4 Å². The maximum atomic E-state index is 5.93. The summed E-state index contributed by atoms with van der Waals surface area (Å²) >= 11 is 3.72. The summed E-state index contributed by atoms with van der Waals surface area (Å²) in [5.74, 6) is 2.96. The second-order valence-corrected chi connectivity index (χ2v) is 7.43. The molecule has 2 unspecified atom stereocenters. The fourth-order valence-corrected chi connectivity index (χ4v) is 3.80. The first-order valence-electron chi connectivity index (χ1n) is 8.03. The molecule has 3 rings (SSSR count). The largest absolute Gasteiger partial charge is 0.493 e. The third kappa shape index (κ3) is 3.42. The summed E-state index contributed by atoms with van der Waals surface area (Å²) in [6, 6.07) is 4.56. The molecule has 122 valence electrons. The van der Waals surface area contributed by atoms with Gasteiger partial charge in [0, 0.05) is 17.1 Å². The minimum Gasteiger partial charge on any atom is -0.493 e. The third-order valence-corrected chi connectivity index (χ3v) is 5.47. The van der Waals surface area contributed by atoms with Crippen LogP contribution in [0.3, 0.4) is 0 Å². The molecule has 0 spiro atoms. The average Bonchev–Trinajstić information content (AvgIpc) is 3.27.